The zero-order valence-electron chi connectivity index (χ0n) is 6.72. The average molecular weight is 172 g/mol. The molecule has 0 saturated heterocycles. The quantitative estimate of drug-likeness (QED) is 0.644. The van der Waals surface area contributed by atoms with Crippen molar-refractivity contribution in [2.75, 3.05) is 14.1 Å². The fourth-order valence-electron chi connectivity index (χ4n) is 0.639. The molecule has 1 atom stereocenters. The lowest BCUT2D eigenvalue weighted by molar-refractivity contribution is 0.205. The lowest BCUT2D eigenvalue weighted by Crippen LogP contribution is -2.24. The molecule has 1 rings (SSSR count). The standard InChI is InChI=1S/C5H10N5S/c1-4(9(2)3)10-5(11)6-7-8-10/h4H,1-3H3. The van der Waals surface area contributed by atoms with E-state index < -0.39 is 0 Å². The zero-order chi connectivity index (χ0) is 8.43. The van der Waals surface area contributed by atoms with Crippen LogP contribution < -0.4 is 0 Å². The fourth-order valence-corrected chi connectivity index (χ4v) is 0.864. The van der Waals surface area contributed by atoms with Crippen LogP contribution in [0.5, 0.6) is 0 Å². The van der Waals surface area contributed by atoms with Crippen LogP contribution in [0.3, 0.4) is 0 Å². The molecule has 0 aliphatic heterocycles. The molecule has 1 heterocycles. The molecule has 5 nitrogen and oxygen atoms in total. The minimum atomic E-state index is 0.109. The molecule has 0 bridgehead atoms. The van der Waals surface area contributed by atoms with Crippen molar-refractivity contribution in [1.82, 2.24) is 25.1 Å². The first-order chi connectivity index (χ1) is 5.13. The highest BCUT2D eigenvalue weighted by atomic mass is 32.1. The monoisotopic (exact) mass is 172 g/mol. The Morgan fingerprint density at radius 2 is 2.18 bits per heavy atom. The molecule has 0 spiro atoms. The summed E-state index contributed by atoms with van der Waals surface area (Å²) in [5, 5.41) is 11.2. The Hall–Kier alpha value is -0.750. The number of nitrogens with zero attached hydrogens (tertiary/aromatic N) is 5. The molecule has 1 aromatic rings. The molecule has 1 aromatic heterocycles. The second-order valence-electron chi connectivity index (χ2n) is 2.50. The third-order valence-corrected chi connectivity index (χ3v) is 1.83. The third kappa shape index (κ3) is 1.63. The number of hydrogen-bond acceptors (Lipinski definition) is 4. The van der Waals surface area contributed by atoms with E-state index in [1.807, 2.05) is 25.9 Å². The molecule has 1 unspecified atom stereocenters. The van der Waals surface area contributed by atoms with E-state index in [9.17, 15) is 0 Å². The van der Waals surface area contributed by atoms with Gasteiger partial charge in [-0.1, -0.05) is 5.10 Å². The van der Waals surface area contributed by atoms with Gasteiger partial charge in [-0.05, 0) is 44.1 Å². The van der Waals surface area contributed by atoms with Gasteiger partial charge in [-0.15, -0.1) is 0 Å². The minimum Gasteiger partial charge on any atom is -0.288 e. The topological polar surface area (TPSA) is 46.8 Å². The highest BCUT2D eigenvalue weighted by molar-refractivity contribution is 7.80. The molecule has 0 aliphatic carbocycles. The Labute approximate surface area is 70.8 Å². The van der Waals surface area contributed by atoms with E-state index in [0.29, 0.717) is 5.16 Å². The third-order valence-electron chi connectivity index (χ3n) is 1.56. The van der Waals surface area contributed by atoms with Crippen LogP contribution in [-0.2, 0) is 0 Å². The average Bonchev–Trinajstić information content (AvgIpc) is 2.33. The van der Waals surface area contributed by atoms with Crippen LogP contribution in [0.25, 0.3) is 0 Å². The van der Waals surface area contributed by atoms with Gasteiger partial charge >= 0.3 is 0 Å². The Bertz CT molecular complexity index is 233. The van der Waals surface area contributed by atoms with Gasteiger partial charge in [0.1, 0.15) is 6.17 Å². The maximum Gasteiger partial charge on any atom is 0.241 e. The van der Waals surface area contributed by atoms with Crippen molar-refractivity contribution in [3.63, 3.8) is 0 Å². The lowest BCUT2D eigenvalue weighted by atomic mass is 10.5. The summed E-state index contributed by atoms with van der Waals surface area (Å²) in [6, 6.07) is 0. The summed E-state index contributed by atoms with van der Waals surface area (Å²) in [7, 11) is 3.89. The van der Waals surface area contributed by atoms with Crippen molar-refractivity contribution in [1.29, 1.82) is 0 Å². The molecule has 6 heteroatoms. The zero-order valence-corrected chi connectivity index (χ0v) is 7.54. The van der Waals surface area contributed by atoms with Crippen molar-refractivity contribution in [2.24, 2.45) is 0 Å². The molecule has 0 aliphatic rings. The summed E-state index contributed by atoms with van der Waals surface area (Å²) in [6.07, 6.45) is 0.109. The van der Waals surface area contributed by atoms with Crippen LogP contribution in [0.2, 0.25) is 0 Å². The number of aromatic nitrogens is 4. The number of tetrazole rings is 1. The van der Waals surface area contributed by atoms with Gasteiger partial charge in [0.15, 0.2) is 0 Å². The summed E-state index contributed by atoms with van der Waals surface area (Å²) in [6.45, 7) is 1.98. The van der Waals surface area contributed by atoms with E-state index in [2.05, 4.69) is 15.5 Å². The van der Waals surface area contributed by atoms with E-state index in [1.54, 1.807) is 4.68 Å². The Balaban J connectivity index is 2.84. The molecule has 61 valence electrons. The molecule has 0 aromatic carbocycles. The van der Waals surface area contributed by atoms with Gasteiger partial charge in [-0.3, -0.25) is 4.90 Å². The van der Waals surface area contributed by atoms with Crippen molar-refractivity contribution in [3.8, 4) is 0 Å². The Kier molecular flexibility index (Phi) is 2.35. The summed E-state index contributed by atoms with van der Waals surface area (Å²) in [5.74, 6) is 0. The highest BCUT2D eigenvalue weighted by Crippen LogP contribution is 2.09. The van der Waals surface area contributed by atoms with Crippen LogP contribution >= 0.6 is 12.6 Å². The largest absolute Gasteiger partial charge is 0.288 e. The Morgan fingerprint density at radius 3 is 2.55 bits per heavy atom. The van der Waals surface area contributed by atoms with Crippen molar-refractivity contribution < 1.29 is 0 Å². The minimum absolute atomic E-state index is 0.109. The smallest absolute Gasteiger partial charge is 0.241 e. The van der Waals surface area contributed by atoms with E-state index in [1.165, 1.54) is 0 Å². The normalized spacial score (nSPS) is 13.8. The van der Waals surface area contributed by atoms with Crippen LogP contribution in [0.1, 0.15) is 13.1 Å². The maximum absolute atomic E-state index is 4.88. The number of rotatable bonds is 2. The molecule has 0 N–H and O–H groups in total. The summed E-state index contributed by atoms with van der Waals surface area (Å²) in [4.78, 5) is 1.98. The van der Waals surface area contributed by atoms with Crippen LogP contribution in [0.15, 0.2) is 5.16 Å². The van der Waals surface area contributed by atoms with Gasteiger partial charge in [0.2, 0.25) is 5.16 Å². The van der Waals surface area contributed by atoms with E-state index in [0.717, 1.165) is 0 Å². The van der Waals surface area contributed by atoms with E-state index in [4.69, 9.17) is 12.6 Å². The van der Waals surface area contributed by atoms with Gasteiger partial charge in [-0.25, -0.2) is 0 Å². The second kappa shape index (κ2) is 3.10. The lowest BCUT2D eigenvalue weighted by Gasteiger charge is -2.18. The van der Waals surface area contributed by atoms with Gasteiger partial charge in [0.25, 0.3) is 0 Å². The predicted octanol–water partition coefficient (Wildman–Crippen LogP) is 0.310. The van der Waals surface area contributed by atoms with E-state index >= 15 is 0 Å². The summed E-state index contributed by atoms with van der Waals surface area (Å²) >= 11 is 4.88. The van der Waals surface area contributed by atoms with Crippen LogP contribution in [-0.4, -0.2) is 39.2 Å². The van der Waals surface area contributed by atoms with Crippen LogP contribution in [0.4, 0.5) is 0 Å². The van der Waals surface area contributed by atoms with Gasteiger partial charge in [-0.2, -0.15) is 4.68 Å². The highest BCUT2D eigenvalue weighted by Gasteiger charge is 2.11. The first-order valence-corrected chi connectivity index (χ1v) is 3.65. The van der Waals surface area contributed by atoms with Crippen LogP contribution in [0, 0.1) is 0 Å². The predicted molar refractivity (Wildman–Crippen MR) is 42.1 cm³/mol. The summed E-state index contributed by atoms with van der Waals surface area (Å²) < 4.78 is 1.59. The molecule has 11 heavy (non-hydrogen) atoms. The second-order valence-corrected chi connectivity index (χ2v) is 2.87. The number of hydrogen-bond donors (Lipinski definition) is 0. The first kappa shape index (κ1) is 8.35. The summed E-state index contributed by atoms with van der Waals surface area (Å²) in [5.41, 5.74) is 0. The molecule has 0 amide bonds. The Morgan fingerprint density at radius 1 is 1.55 bits per heavy atom. The van der Waals surface area contributed by atoms with Crippen molar-refractivity contribution >= 4 is 12.6 Å². The molecule has 0 saturated carbocycles. The van der Waals surface area contributed by atoms with Crippen molar-refractivity contribution in [2.45, 2.75) is 18.2 Å². The fraction of sp³-hybridized carbons (Fsp3) is 0.800. The molecule has 0 fully saturated rings. The SMILES string of the molecule is CC(N(C)C)n1nnnc1[S]. The molecular formula is C5H10N5S. The van der Waals surface area contributed by atoms with Gasteiger partial charge in [0, 0.05) is 0 Å². The van der Waals surface area contributed by atoms with Crippen molar-refractivity contribution in [3.05, 3.63) is 0 Å². The maximum atomic E-state index is 4.88. The van der Waals surface area contributed by atoms with Gasteiger partial charge < -0.3 is 0 Å². The molecular weight excluding hydrogens is 162 g/mol. The first-order valence-electron chi connectivity index (χ1n) is 3.24. The molecule has 1 radical (unpaired) electrons. The van der Waals surface area contributed by atoms with E-state index in [-0.39, 0.29) is 6.17 Å². The van der Waals surface area contributed by atoms with Gasteiger partial charge in [0.05, 0.1) is 0 Å².